The van der Waals surface area contributed by atoms with Crippen molar-refractivity contribution in [1.29, 1.82) is 0 Å². The molecule has 0 spiro atoms. The summed E-state index contributed by atoms with van der Waals surface area (Å²) in [5, 5.41) is 3.53. The number of hydrogen-bond donors (Lipinski definition) is 1. The molecule has 2 heterocycles. The van der Waals surface area contributed by atoms with Crippen molar-refractivity contribution in [3.8, 4) is 5.75 Å². The third-order valence-electron chi connectivity index (χ3n) is 5.10. The molecule has 1 atom stereocenters. The second kappa shape index (κ2) is 6.25. The number of para-hydroxylation sites is 1. The van der Waals surface area contributed by atoms with Gasteiger partial charge in [-0.25, -0.2) is 0 Å². The molecule has 0 amide bonds. The SMILES string of the molecule is COc1cccc(Cc2cccc3c2N2CCNCCC2C3)c1. The van der Waals surface area contributed by atoms with Crippen LogP contribution in [-0.2, 0) is 12.8 Å². The van der Waals surface area contributed by atoms with Crippen molar-refractivity contribution in [2.45, 2.75) is 25.3 Å². The average Bonchev–Trinajstić information content (AvgIpc) is 2.78. The smallest absolute Gasteiger partial charge is 0.119 e. The Morgan fingerprint density at radius 1 is 1.17 bits per heavy atom. The molecule has 1 fully saturated rings. The molecule has 2 aliphatic heterocycles. The van der Waals surface area contributed by atoms with E-state index < -0.39 is 0 Å². The van der Waals surface area contributed by atoms with Crippen LogP contribution in [0.15, 0.2) is 42.5 Å². The van der Waals surface area contributed by atoms with Crippen LogP contribution in [0.3, 0.4) is 0 Å². The lowest BCUT2D eigenvalue weighted by Crippen LogP contribution is -2.33. The highest BCUT2D eigenvalue weighted by Crippen LogP contribution is 2.37. The van der Waals surface area contributed by atoms with Gasteiger partial charge in [0.15, 0.2) is 0 Å². The summed E-state index contributed by atoms with van der Waals surface area (Å²) in [5.41, 5.74) is 5.77. The highest BCUT2D eigenvalue weighted by Gasteiger charge is 2.31. The van der Waals surface area contributed by atoms with Crippen molar-refractivity contribution < 1.29 is 4.74 Å². The summed E-state index contributed by atoms with van der Waals surface area (Å²) in [7, 11) is 1.73. The topological polar surface area (TPSA) is 24.5 Å². The molecule has 2 aromatic rings. The minimum absolute atomic E-state index is 0.673. The van der Waals surface area contributed by atoms with Crippen LogP contribution in [0.25, 0.3) is 0 Å². The number of ether oxygens (including phenoxy) is 1. The first-order chi connectivity index (χ1) is 11.3. The fourth-order valence-electron chi connectivity index (χ4n) is 4.02. The van der Waals surface area contributed by atoms with Crippen molar-refractivity contribution in [3.05, 3.63) is 59.2 Å². The molecule has 2 aliphatic rings. The Bertz CT molecular complexity index is 698. The predicted octanol–water partition coefficient (Wildman–Crippen LogP) is 3.01. The Balaban J connectivity index is 1.67. The summed E-state index contributed by atoms with van der Waals surface area (Å²) in [6.07, 6.45) is 3.41. The molecule has 0 saturated carbocycles. The number of nitrogens with one attached hydrogen (secondary N) is 1. The molecule has 4 rings (SSSR count). The third-order valence-corrected chi connectivity index (χ3v) is 5.10. The van der Waals surface area contributed by atoms with Crippen molar-refractivity contribution >= 4 is 5.69 Å². The van der Waals surface area contributed by atoms with Crippen LogP contribution in [0.1, 0.15) is 23.1 Å². The number of fused-ring (bicyclic) bond motifs is 3. The van der Waals surface area contributed by atoms with Gasteiger partial charge in [-0.15, -0.1) is 0 Å². The summed E-state index contributed by atoms with van der Waals surface area (Å²) in [4.78, 5) is 2.64. The molecule has 0 radical (unpaired) electrons. The molecule has 1 N–H and O–H groups in total. The zero-order valence-electron chi connectivity index (χ0n) is 13.7. The Morgan fingerprint density at radius 3 is 3.00 bits per heavy atom. The number of methoxy groups -OCH3 is 1. The molecule has 1 saturated heterocycles. The summed E-state index contributed by atoms with van der Waals surface area (Å²) in [5.74, 6) is 0.937. The molecular weight excluding hydrogens is 284 g/mol. The summed E-state index contributed by atoms with van der Waals surface area (Å²) in [6, 6.07) is 15.9. The largest absolute Gasteiger partial charge is 0.497 e. The molecule has 1 unspecified atom stereocenters. The number of hydrogen-bond acceptors (Lipinski definition) is 3. The van der Waals surface area contributed by atoms with Crippen molar-refractivity contribution in [1.82, 2.24) is 5.32 Å². The molecule has 3 nitrogen and oxygen atoms in total. The summed E-state index contributed by atoms with van der Waals surface area (Å²) in [6.45, 7) is 3.34. The quantitative estimate of drug-likeness (QED) is 0.943. The fourth-order valence-corrected chi connectivity index (χ4v) is 4.02. The maximum Gasteiger partial charge on any atom is 0.119 e. The zero-order chi connectivity index (χ0) is 15.6. The van der Waals surface area contributed by atoms with Gasteiger partial charge in [0.05, 0.1) is 7.11 Å². The van der Waals surface area contributed by atoms with Crippen LogP contribution in [0, 0.1) is 0 Å². The van der Waals surface area contributed by atoms with E-state index in [1.54, 1.807) is 7.11 Å². The van der Waals surface area contributed by atoms with Crippen LogP contribution in [0.4, 0.5) is 5.69 Å². The van der Waals surface area contributed by atoms with E-state index in [2.05, 4.69) is 46.6 Å². The van der Waals surface area contributed by atoms with Gasteiger partial charge < -0.3 is 15.0 Å². The molecule has 3 heteroatoms. The Labute approximate surface area is 138 Å². The van der Waals surface area contributed by atoms with E-state index in [0.717, 1.165) is 31.8 Å². The maximum absolute atomic E-state index is 5.37. The van der Waals surface area contributed by atoms with Crippen molar-refractivity contribution in [2.75, 3.05) is 31.6 Å². The standard InChI is InChI=1S/C20H24N2O/c1-23-19-7-2-4-15(13-19)12-16-5-3-6-17-14-18-8-9-21-10-11-22(18)20(16)17/h2-7,13,18,21H,8-12,14H2,1H3. The predicted molar refractivity (Wildman–Crippen MR) is 94.6 cm³/mol. The normalized spacial score (nSPS) is 19.9. The average molecular weight is 308 g/mol. The van der Waals surface area contributed by atoms with Gasteiger partial charge >= 0.3 is 0 Å². The van der Waals surface area contributed by atoms with E-state index in [1.165, 1.54) is 35.2 Å². The highest BCUT2D eigenvalue weighted by atomic mass is 16.5. The molecule has 23 heavy (non-hydrogen) atoms. The molecule has 0 aliphatic carbocycles. The highest BCUT2D eigenvalue weighted by molar-refractivity contribution is 5.65. The van der Waals surface area contributed by atoms with Crippen molar-refractivity contribution in [2.24, 2.45) is 0 Å². The van der Waals surface area contributed by atoms with Gasteiger partial charge in [0.1, 0.15) is 5.75 Å². The zero-order valence-corrected chi connectivity index (χ0v) is 13.7. The van der Waals surface area contributed by atoms with Gasteiger partial charge in [0.2, 0.25) is 0 Å². The van der Waals surface area contributed by atoms with Crippen LogP contribution in [-0.4, -0.2) is 32.8 Å². The van der Waals surface area contributed by atoms with Crippen LogP contribution in [0.2, 0.25) is 0 Å². The fraction of sp³-hybridized carbons (Fsp3) is 0.400. The molecule has 120 valence electrons. The second-order valence-electron chi connectivity index (χ2n) is 6.54. The van der Waals surface area contributed by atoms with E-state index >= 15 is 0 Å². The minimum Gasteiger partial charge on any atom is -0.497 e. The Kier molecular flexibility index (Phi) is 3.96. The van der Waals surface area contributed by atoms with E-state index in [4.69, 9.17) is 4.74 Å². The van der Waals surface area contributed by atoms with E-state index in [0.29, 0.717) is 6.04 Å². The maximum atomic E-state index is 5.37. The first kappa shape index (κ1) is 14.6. The van der Waals surface area contributed by atoms with Gasteiger partial charge in [-0.3, -0.25) is 0 Å². The first-order valence-corrected chi connectivity index (χ1v) is 8.56. The van der Waals surface area contributed by atoms with Crippen LogP contribution >= 0.6 is 0 Å². The Hall–Kier alpha value is -2.00. The molecule has 2 aromatic carbocycles. The Morgan fingerprint density at radius 2 is 2.09 bits per heavy atom. The van der Waals surface area contributed by atoms with Gasteiger partial charge in [-0.2, -0.15) is 0 Å². The number of rotatable bonds is 3. The lowest BCUT2D eigenvalue weighted by Gasteiger charge is -2.26. The van der Waals surface area contributed by atoms with Gasteiger partial charge in [-0.1, -0.05) is 30.3 Å². The van der Waals surface area contributed by atoms with E-state index in [9.17, 15) is 0 Å². The van der Waals surface area contributed by atoms with Crippen LogP contribution in [0.5, 0.6) is 5.75 Å². The van der Waals surface area contributed by atoms with Gasteiger partial charge in [-0.05, 0) is 54.6 Å². The third kappa shape index (κ3) is 2.81. The number of anilines is 1. The van der Waals surface area contributed by atoms with Gasteiger partial charge in [0, 0.05) is 24.8 Å². The monoisotopic (exact) mass is 308 g/mol. The first-order valence-electron chi connectivity index (χ1n) is 8.56. The van der Waals surface area contributed by atoms with E-state index in [-0.39, 0.29) is 0 Å². The number of benzene rings is 2. The molecule has 0 bridgehead atoms. The molecule has 0 aromatic heterocycles. The summed E-state index contributed by atoms with van der Waals surface area (Å²) < 4.78 is 5.37. The lowest BCUT2D eigenvalue weighted by molar-refractivity contribution is 0.414. The number of nitrogens with zero attached hydrogens (tertiary/aromatic N) is 1. The second-order valence-corrected chi connectivity index (χ2v) is 6.54. The van der Waals surface area contributed by atoms with Crippen LogP contribution < -0.4 is 15.0 Å². The summed E-state index contributed by atoms with van der Waals surface area (Å²) >= 11 is 0. The van der Waals surface area contributed by atoms with Gasteiger partial charge in [0.25, 0.3) is 0 Å². The lowest BCUT2D eigenvalue weighted by atomic mass is 9.99. The minimum atomic E-state index is 0.673. The van der Waals surface area contributed by atoms with E-state index in [1.807, 2.05) is 6.07 Å². The molecular formula is C20H24N2O. The van der Waals surface area contributed by atoms with Crippen molar-refractivity contribution in [3.63, 3.8) is 0 Å².